The number of nitrogens with two attached hydrogens (primary N) is 1. The molecule has 2 atom stereocenters. The molecule has 1 aliphatic rings. The van der Waals surface area contributed by atoms with Crippen molar-refractivity contribution in [3.63, 3.8) is 0 Å². The van der Waals surface area contributed by atoms with Crippen LogP contribution in [-0.2, 0) is 14.4 Å². The van der Waals surface area contributed by atoms with Gasteiger partial charge >= 0.3 is 11.9 Å². The van der Waals surface area contributed by atoms with Crippen molar-refractivity contribution in [3.05, 3.63) is 53.1 Å². The van der Waals surface area contributed by atoms with Gasteiger partial charge in [-0.3, -0.25) is 4.79 Å². The van der Waals surface area contributed by atoms with Crippen LogP contribution in [0, 0.1) is 5.92 Å². The Balaban J connectivity index is 2.75. The van der Waals surface area contributed by atoms with E-state index < -0.39 is 29.0 Å². The van der Waals surface area contributed by atoms with Crippen molar-refractivity contribution in [1.29, 1.82) is 0 Å². The third-order valence-electron chi connectivity index (χ3n) is 3.82. The summed E-state index contributed by atoms with van der Waals surface area (Å²) < 4.78 is 0. The molecule has 0 amide bonds. The molecule has 114 valence electrons. The molecule has 2 rings (SSSR count). The Kier molecular flexibility index (Phi) is 3.97. The number of hydrogen-bond donors (Lipinski definition) is 3. The number of aliphatic carboxylic acids is 2. The minimum atomic E-state index is -2.10. The summed E-state index contributed by atoms with van der Waals surface area (Å²) in [5.41, 5.74) is 4.76. The largest absolute Gasteiger partial charge is 0.481 e. The van der Waals surface area contributed by atoms with Gasteiger partial charge in [0.05, 0.1) is 5.57 Å². The number of carbonyl (C=O) groups is 3. The highest BCUT2D eigenvalue weighted by Gasteiger charge is 2.48. The first-order chi connectivity index (χ1) is 10.3. The Labute approximate surface area is 126 Å². The van der Waals surface area contributed by atoms with E-state index in [0.29, 0.717) is 11.1 Å². The van der Waals surface area contributed by atoms with Gasteiger partial charge in [0, 0.05) is 0 Å². The predicted octanol–water partition coefficient (Wildman–Crippen LogP) is 1.08. The molecule has 4 N–H and O–H groups in total. The smallest absolute Gasteiger partial charge is 0.334 e. The van der Waals surface area contributed by atoms with Gasteiger partial charge < -0.3 is 20.7 Å². The van der Waals surface area contributed by atoms with Crippen LogP contribution in [0.4, 0.5) is 0 Å². The maximum Gasteiger partial charge on any atom is 0.334 e. The van der Waals surface area contributed by atoms with E-state index in [1.165, 1.54) is 13.0 Å². The molecule has 0 saturated carbocycles. The molecule has 2 unspecified atom stereocenters. The van der Waals surface area contributed by atoms with Gasteiger partial charge in [-0.25, -0.2) is 4.79 Å². The Bertz CT molecular complexity index is 705. The molecule has 0 aromatic heterocycles. The second-order valence-corrected chi connectivity index (χ2v) is 5.12. The normalized spacial score (nSPS) is 24.6. The molecule has 0 radical (unpaired) electrons. The average Bonchev–Trinajstić information content (AvgIpc) is 2.47. The molecule has 0 saturated heterocycles. The van der Waals surface area contributed by atoms with E-state index in [1.54, 1.807) is 30.3 Å². The van der Waals surface area contributed by atoms with E-state index in [-0.39, 0.29) is 11.9 Å². The molecule has 1 aromatic carbocycles. The summed E-state index contributed by atoms with van der Waals surface area (Å²) in [5, 5.41) is 18.8. The SMILES string of the molecule is CC1=C(C(=O)O)C(N)(C=O)C(C(=O)O)C=C1c1ccccc1. The quantitative estimate of drug-likeness (QED) is 0.716. The van der Waals surface area contributed by atoms with E-state index in [2.05, 4.69) is 0 Å². The first kappa shape index (κ1) is 15.7. The average molecular weight is 301 g/mol. The first-order valence-corrected chi connectivity index (χ1v) is 6.53. The van der Waals surface area contributed by atoms with Gasteiger partial charge in [0.1, 0.15) is 17.7 Å². The molecule has 6 heteroatoms. The molecular formula is C16H15NO5. The van der Waals surface area contributed by atoms with Gasteiger partial charge in [-0.15, -0.1) is 0 Å². The zero-order chi connectivity index (χ0) is 16.5. The van der Waals surface area contributed by atoms with Crippen molar-refractivity contribution in [2.75, 3.05) is 0 Å². The standard InChI is InChI=1S/C16H15NO5/c1-9-11(10-5-3-2-4-6-10)7-12(14(19)20)16(17,8-18)13(9)15(21)22/h2-8,12H,17H2,1H3,(H,19,20)(H,21,22). The van der Waals surface area contributed by atoms with Crippen LogP contribution in [0.15, 0.2) is 47.6 Å². The van der Waals surface area contributed by atoms with E-state index in [1.807, 2.05) is 0 Å². The lowest BCUT2D eigenvalue weighted by Crippen LogP contribution is -2.56. The summed E-state index contributed by atoms with van der Waals surface area (Å²) in [6.45, 7) is 1.52. The highest BCUT2D eigenvalue weighted by molar-refractivity contribution is 6.05. The van der Waals surface area contributed by atoms with Crippen molar-refractivity contribution in [3.8, 4) is 0 Å². The lowest BCUT2D eigenvalue weighted by molar-refractivity contribution is -0.143. The van der Waals surface area contributed by atoms with Crippen molar-refractivity contribution < 1.29 is 24.6 Å². The minimum Gasteiger partial charge on any atom is -0.481 e. The fraction of sp³-hybridized carbons (Fsp3) is 0.188. The monoisotopic (exact) mass is 301 g/mol. The van der Waals surface area contributed by atoms with Crippen molar-refractivity contribution in [2.45, 2.75) is 12.5 Å². The second-order valence-electron chi connectivity index (χ2n) is 5.12. The zero-order valence-electron chi connectivity index (χ0n) is 11.8. The number of hydrogen-bond acceptors (Lipinski definition) is 4. The summed E-state index contributed by atoms with van der Waals surface area (Å²) in [5.74, 6) is -4.20. The summed E-state index contributed by atoms with van der Waals surface area (Å²) in [7, 11) is 0. The fourth-order valence-corrected chi connectivity index (χ4v) is 2.73. The third-order valence-corrected chi connectivity index (χ3v) is 3.82. The van der Waals surface area contributed by atoms with Crippen LogP contribution in [0.3, 0.4) is 0 Å². The number of rotatable bonds is 4. The molecule has 6 nitrogen and oxygen atoms in total. The Hall–Kier alpha value is -2.73. The minimum absolute atomic E-state index is 0.191. The highest BCUT2D eigenvalue weighted by atomic mass is 16.4. The molecule has 1 aromatic rings. The Morgan fingerprint density at radius 2 is 1.82 bits per heavy atom. The van der Waals surface area contributed by atoms with Gasteiger partial charge in [-0.1, -0.05) is 36.4 Å². The molecular weight excluding hydrogens is 286 g/mol. The van der Waals surface area contributed by atoms with Crippen LogP contribution in [0.25, 0.3) is 5.57 Å². The van der Waals surface area contributed by atoms with E-state index in [9.17, 15) is 24.6 Å². The van der Waals surface area contributed by atoms with Crippen LogP contribution in [-0.4, -0.2) is 34.0 Å². The first-order valence-electron chi connectivity index (χ1n) is 6.53. The van der Waals surface area contributed by atoms with Gasteiger partial charge in [0.15, 0.2) is 0 Å². The molecule has 0 heterocycles. The van der Waals surface area contributed by atoms with Crippen LogP contribution in [0.1, 0.15) is 12.5 Å². The molecule has 0 fully saturated rings. The third kappa shape index (κ3) is 2.33. The van der Waals surface area contributed by atoms with Crippen LogP contribution >= 0.6 is 0 Å². The molecule has 0 spiro atoms. The van der Waals surface area contributed by atoms with Gasteiger partial charge in [-0.05, 0) is 23.6 Å². The van der Waals surface area contributed by atoms with E-state index in [0.717, 1.165) is 0 Å². The van der Waals surface area contributed by atoms with Gasteiger partial charge in [0.25, 0.3) is 0 Å². The molecule has 22 heavy (non-hydrogen) atoms. The number of allylic oxidation sites excluding steroid dienone is 2. The van der Waals surface area contributed by atoms with Gasteiger partial charge in [0.2, 0.25) is 0 Å². The summed E-state index contributed by atoms with van der Waals surface area (Å²) >= 11 is 0. The molecule has 1 aliphatic carbocycles. The second kappa shape index (κ2) is 5.57. The van der Waals surface area contributed by atoms with Crippen molar-refractivity contribution in [1.82, 2.24) is 0 Å². The van der Waals surface area contributed by atoms with E-state index in [4.69, 9.17) is 5.73 Å². The molecule has 0 aliphatic heterocycles. The summed E-state index contributed by atoms with van der Waals surface area (Å²) in [6, 6.07) is 8.76. The predicted molar refractivity (Wildman–Crippen MR) is 78.9 cm³/mol. The molecule has 0 bridgehead atoms. The number of carboxylic acids is 2. The maximum atomic E-state index is 11.6. The topological polar surface area (TPSA) is 118 Å². The van der Waals surface area contributed by atoms with Crippen LogP contribution in [0.5, 0.6) is 0 Å². The Morgan fingerprint density at radius 1 is 1.23 bits per heavy atom. The Morgan fingerprint density at radius 3 is 2.27 bits per heavy atom. The summed E-state index contributed by atoms with van der Waals surface area (Å²) in [6.07, 6.45) is 1.53. The number of carbonyl (C=O) groups excluding carboxylic acids is 1. The van der Waals surface area contributed by atoms with Crippen molar-refractivity contribution >= 4 is 23.8 Å². The van der Waals surface area contributed by atoms with Crippen LogP contribution < -0.4 is 5.73 Å². The van der Waals surface area contributed by atoms with Crippen LogP contribution in [0.2, 0.25) is 0 Å². The van der Waals surface area contributed by atoms with Gasteiger partial charge in [-0.2, -0.15) is 0 Å². The highest BCUT2D eigenvalue weighted by Crippen LogP contribution is 2.39. The number of carboxylic acid groups (broad SMARTS) is 2. The summed E-state index contributed by atoms with van der Waals surface area (Å²) in [4.78, 5) is 34.4. The lowest BCUT2D eigenvalue weighted by atomic mass is 9.70. The van der Waals surface area contributed by atoms with Crippen molar-refractivity contribution in [2.24, 2.45) is 11.7 Å². The zero-order valence-corrected chi connectivity index (χ0v) is 11.8. The maximum absolute atomic E-state index is 11.6. The number of benzene rings is 1. The number of aldehydes is 1. The lowest BCUT2D eigenvalue weighted by Gasteiger charge is -2.34. The van der Waals surface area contributed by atoms with E-state index >= 15 is 0 Å². The fourth-order valence-electron chi connectivity index (χ4n) is 2.73.